The van der Waals surface area contributed by atoms with Crippen molar-refractivity contribution < 1.29 is 0 Å². The normalized spacial score (nSPS) is 11.5. The fraction of sp³-hybridized carbons (Fsp3) is 0. The average molecular weight is 870 g/mol. The highest BCUT2D eigenvalue weighted by molar-refractivity contribution is 6.19. The Morgan fingerprint density at radius 2 is 0.603 bits per heavy atom. The topological polar surface area (TPSA) is 74.3 Å². The lowest BCUT2D eigenvalue weighted by Crippen LogP contribution is -2.06. The summed E-state index contributed by atoms with van der Waals surface area (Å²) >= 11 is 0. The van der Waals surface area contributed by atoms with Crippen LogP contribution < -0.4 is 0 Å². The molecule has 0 spiro atoms. The molecule has 4 heterocycles. The first-order valence-corrected chi connectivity index (χ1v) is 22.7. The highest BCUT2D eigenvalue weighted by Gasteiger charge is 2.21. The third-order valence-electron chi connectivity index (χ3n) is 12.8. The van der Waals surface area contributed by atoms with E-state index >= 15 is 0 Å². The Morgan fingerprint density at radius 3 is 1.10 bits per heavy atom. The van der Waals surface area contributed by atoms with E-state index < -0.39 is 0 Å². The Hall–Kier alpha value is -9.33. The van der Waals surface area contributed by atoms with E-state index in [1.54, 1.807) is 0 Å². The summed E-state index contributed by atoms with van der Waals surface area (Å²) < 4.78 is 4.57. The molecule has 13 rings (SSSR count). The van der Waals surface area contributed by atoms with Crippen LogP contribution in [0.4, 0.5) is 0 Å². The number of fused-ring (bicyclic) bond motifs is 6. The zero-order valence-corrected chi connectivity index (χ0v) is 36.6. The second-order valence-electron chi connectivity index (χ2n) is 16.9. The summed E-state index contributed by atoms with van der Waals surface area (Å²) in [6.45, 7) is 0. The van der Waals surface area contributed by atoms with Crippen molar-refractivity contribution in [1.82, 2.24) is 34.1 Å². The molecule has 0 fully saturated rings. The molecule has 0 N–H and O–H groups in total. The highest BCUT2D eigenvalue weighted by atomic mass is 15.2. The van der Waals surface area contributed by atoms with E-state index in [9.17, 15) is 0 Å². The van der Waals surface area contributed by atoms with Crippen molar-refractivity contribution in [3.8, 4) is 79.4 Å². The van der Waals surface area contributed by atoms with Gasteiger partial charge in [0, 0.05) is 55.0 Å². The van der Waals surface area contributed by atoms with Crippen LogP contribution in [0.3, 0.4) is 0 Å². The van der Waals surface area contributed by atoms with Crippen molar-refractivity contribution in [2.75, 3.05) is 0 Å². The molecule has 0 saturated carbocycles. The molecular formula is C61H39N7. The van der Waals surface area contributed by atoms with Crippen LogP contribution in [0.2, 0.25) is 0 Å². The minimum atomic E-state index is 0.565. The van der Waals surface area contributed by atoms with Crippen LogP contribution in [0.5, 0.6) is 0 Å². The standard InChI is InChI=1S/C61H39N7/c1-5-17-40(18-6-1)41-29-31-42(32-30-41)52-39-53(63-58(62-52)44-19-7-2-8-20-44)43-33-35-47(36-34-43)67-54-27-15-13-25-48(54)50-38-57-51(37-56(50)67)49-26-14-16-28-55(49)68(57)61-65-59(45-21-9-3-10-22-45)64-60(66-61)46-23-11-4-12-24-46/h1-39H. The van der Waals surface area contributed by atoms with Crippen LogP contribution >= 0.6 is 0 Å². The van der Waals surface area contributed by atoms with E-state index in [2.05, 4.69) is 161 Å². The van der Waals surface area contributed by atoms with Gasteiger partial charge in [-0.1, -0.05) is 194 Å². The summed E-state index contributed by atoms with van der Waals surface area (Å²) in [4.78, 5) is 25.6. The number of para-hydroxylation sites is 2. The molecule has 7 nitrogen and oxygen atoms in total. The predicted octanol–water partition coefficient (Wildman–Crippen LogP) is 14.9. The third-order valence-corrected chi connectivity index (χ3v) is 12.8. The Bertz CT molecular complexity index is 3920. The summed E-state index contributed by atoms with van der Waals surface area (Å²) in [5, 5.41) is 4.51. The third kappa shape index (κ3) is 6.80. The van der Waals surface area contributed by atoms with Gasteiger partial charge in [-0.15, -0.1) is 0 Å². The van der Waals surface area contributed by atoms with Crippen LogP contribution in [0.15, 0.2) is 237 Å². The second-order valence-corrected chi connectivity index (χ2v) is 16.9. The maximum Gasteiger partial charge on any atom is 0.238 e. The number of rotatable bonds is 8. The predicted molar refractivity (Wildman–Crippen MR) is 277 cm³/mol. The number of hydrogen-bond acceptors (Lipinski definition) is 5. The van der Waals surface area contributed by atoms with Gasteiger partial charge in [0.25, 0.3) is 0 Å². The van der Waals surface area contributed by atoms with Gasteiger partial charge in [-0.2, -0.15) is 9.97 Å². The summed E-state index contributed by atoms with van der Waals surface area (Å²) in [5.41, 5.74) is 14.2. The first-order valence-electron chi connectivity index (χ1n) is 22.7. The molecule has 318 valence electrons. The molecular weight excluding hydrogens is 831 g/mol. The smallest absolute Gasteiger partial charge is 0.238 e. The SMILES string of the molecule is c1ccc(-c2ccc(-c3cc(-c4ccc(-n5c6ccccc6c6cc7c(cc65)c5ccccc5n7-c5nc(-c6ccccc6)nc(-c6ccccc6)n5)cc4)nc(-c4ccccc4)n3)cc2)cc1. The Kier molecular flexibility index (Phi) is 9.35. The lowest BCUT2D eigenvalue weighted by Gasteiger charge is -2.12. The van der Waals surface area contributed by atoms with E-state index in [0.29, 0.717) is 23.4 Å². The molecule has 0 atom stereocenters. The van der Waals surface area contributed by atoms with Crippen LogP contribution in [-0.4, -0.2) is 34.1 Å². The Balaban J connectivity index is 0.953. The first-order chi connectivity index (χ1) is 33.7. The van der Waals surface area contributed by atoms with Gasteiger partial charge in [-0.25, -0.2) is 15.0 Å². The van der Waals surface area contributed by atoms with Crippen molar-refractivity contribution in [2.24, 2.45) is 0 Å². The van der Waals surface area contributed by atoms with Gasteiger partial charge in [0.05, 0.1) is 33.5 Å². The van der Waals surface area contributed by atoms with Crippen LogP contribution in [0.25, 0.3) is 123 Å². The molecule has 0 aliphatic heterocycles. The molecule has 9 aromatic carbocycles. The fourth-order valence-corrected chi connectivity index (χ4v) is 9.53. The van der Waals surface area contributed by atoms with Crippen molar-refractivity contribution >= 4 is 43.6 Å². The number of aromatic nitrogens is 7. The highest BCUT2D eigenvalue weighted by Crippen LogP contribution is 2.40. The number of benzene rings is 9. The van der Waals surface area contributed by atoms with Gasteiger partial charge in [0.2, 0.25) is 5.95 Å². The minimum absolute atomic E-state index is 0.565. The van der Waals surface area contributed by atoms with E-state index in [0.717, 1.165) is 94.1 Å². The van der Waals surface area contributed by atoms with Gasteiger partial charge in [0.15, 0.2) is 17.5 Å². The molecule has 4 aromatic heterocycles. The lowest BCUT2D eigenvalue weighted by molar-refractivity contribution is 0.954. The maximum absolute atomic E-state index is 5.19. The van der Waals surface area contributed by atoms with E-state index in [1.165, 1.54) is 5.56 Å². The van der Waals surface area contributed by atoms with E-state index in [1.807, 2.05) is 84.9 Å². The molecule has 68 heavy (non-hydrogen) atoms. The monoisotopic (exact) mass is 869 g/mol. The largest absolute Gasteiger partial charge is 0.309 e. The quantitative estimate of drug-likeness (QED) is 0.152. The van der Waals surface area contributed by atoms with E-state index in [-0.39, 0.29) is 0 Å². The van der Waals surface area contributed by atoms with Gasteiger partial charge < -0.3 is 4.57 Å². The lowest BCUT2D eigenvalue weighted by atomic mass is 10.0. The van der Waals surface area contributed by atoms with Crippen molar-refractivity contribution in [2.45, 2.75) is 0 Å². The molecule has 0 aliphatic rings. The molecule has 0 saturated heterocycles. The first kappa shape index (κ1) is 39.1. The average Bonchev–Trinajstić information content (AvgIpc) is 3.93. The van der Waals surface area contributed by atoms with Gasteiger partial charge >= 0.3 is 0 Å². The molecule has 7 heteroatoms. The van der Waals surface area contributed by atoms with Gasteiger partial charge in [-0.05, 0) is 53.6 Å². The van der Waals surface area contributed by atoms with E-state index in [4.69, 9.17) is 24.9 Å². The minimum Gasteiger partial charge on any atom is -0.309 e. The maximum atomic E-state index is 5.19. The Morgan fingerprint density at radius 1 is 0.235 bits per heavy atom. The van der Waals surface area contributed by atoms with Crippen molar-refractivity contribution in [3.63, 3.8) is 0 Å². The Labute approximate surface area is 392 Å². The molecule has 13 aromatic rings. The summed E-state index contributed by atoms with van der Waals surface area (Å²) in [5.74, 6) is 2.49. The van der Waals surface area contributed by atoms with Crippen molar-refractivity contribution in [1.29, 1.82) is 0 Å². The number of nitrogens with zero attached hydrogens (tertiary/aromatic N) is 7. The zero-order valence-electron chi connectivity index (χ0n) is 36.6. The van der Waals surface area contributed by atoms with Crippen LogP contribution in [0.1, 0.15) is 0 Å². The molecule has 0 unspecified atom stereocenters. The van der Waals surface area contributed by atoms with Crippen molar-refractivity contribution in [3.05, 3.63) is 237 Å². The van der Waals surface area contributed by atoms with Gasteiger partial charge in [-0.3, -0.25) is 4.57 Å². The summed E-state index contributed by atoms with van der Waals surface area (Å²) in [6.07, 6.45) is 0. The molecule has 0 amide bonds. The molecule has 0 aliphatic carbocycles. The van der Waals surface area contributed by atoms with Crippen LogP contribution in [0, 0.1) is 0 Å². The molecule has 0 bridgehead atoms. The fourth-order valence-electron chi connectivity index (χ4n) is 9.53. The number of hydrogen-bond donors (Lipinski definition) is 0. The zero-order chi connectivity index (χ0) is 45.0. The van der Waals surface area contributed by atoms with Gasteiger partial charge in [0.1, 0.15) is 0 Å². The van der Waals surface area contributed by atoms with Crippen LogP contribution in [-0.2, 0) is 0 Å². The molecule has 0 radical (unpaired) electrons. The summed E-state index contributed by atoms with van der Waals surface area (Å²) in [6, 6.07) is 82.2. The summed E-state index contributed by atoms with van der Waals surface area (Å²) in [7, 11) is 0. The second kappa shape index (κ2) is 16.3.